The third-order valence-corrected chi connectivity index (χ3v) is 4.08. The summed E-state index contributed by atoms with van der Waals surface area (Å²) in [4.78, 5) is 12.2. The Hall–Kier alpha value is -3.07. The molecular formula is C22H21NO2. The Morgan fingerprint density at radius 2 is 1.68 bits per heavy atom. The van der Waals surface area contributed by atoms with Gasteiger partial charge < -0.3 is 10.1 Å². The molecule has 0 radical (unpaired) electrons. The summed E-state index contributed by atoms with van der Waals surface area (Å²) in [5.74, 6) is -0.385. The normalized spacial score (nSPS) is 11.7. The van der Waals surface area contributed by atoms with Crippen LogP contribution in [0.1, 0.15) is 18.5 Å². The Bertz CT molecular complexity index is 887. The second kappa shape index (κ2) is 7.67. The first-order valence-electron chi connectivity index (χ1n) is 8.35. The fraction of sp³-hybridized carbons (Fsp3) is 0.136. The highest BCUT2D eigenvalue weighted by atomic mass is 16.5. The molecule has 3 heteroatoms. The molecule has 25 heavy (non-hydrogen) atoms. The van der Waals surface area contributed by atoms with Crippen molar-refractivity contribution in [1.29, 1.82) is 0 Å². The number of fused-ring (bicyclic) bond motifs is 1. The maximum absolute atomic E-state index is 12.2. The molecule has 1 atom stereocenters. The number of hydrogen-bond donors (Lipinski definition) is 1. The zero-order valence-electron chi connectivity index (χ0n) is 14.2. The van der Waals surface area contributed by atoms with E-state index in [1.54, 1.807) is 6.92 Å². The van der Waals surface area contributed by atoms with Crippen LogP contribution in [0.25, 0.3) is 10.8 Å². The highest BCUT2D eigenvalue weighted by molar-refractivity contribution is 5.91. The summed E-state index contributed by atoms with van der Waals surface area (Å²) in [6, 6.07) is 23.7. The molecule has 0 aliphatic carbocycles. The standard InChI is InChI=1S/C22H21NO2/c1-3-25-22(24)16(2)21(23-20-11-5-4-6-12-20)19-14-13-17-9-7-8-10-18(17)15-19/h4-15,21,23H,2-3H2,1H3. The van der Waals surface area contributed by atoms with Gasteiger partial charge in [-0.25, -0.2) is 4.79 Å². The lowest BCUT2D eigenvalue weighted by Crippen LogP contribution is -2.20. The van der Waals surface area contributed by atoms with Gasteiger partial charge in [0.25, 0.3) is 0 Å². The Morgan fingerprint density at radius 3 is 2.40 bits per heavy atom. The molecule has 1 N–H and O–H groups in total. The van der Waals surface area contributed by atoms with Crippen LogP contribution in [0, 0.1) is 0 Å². The molecule has 0 aliphatic heterocycles. The molecule has 0 aromatic heterocycles. The molecule has 0 aliphatic rings. The van der Waals surface area contributed by atoms with E-state index in [4.69, 9.17) is 4.74 Å². The minimum Gasteiger partial charge on any atom is -0.463 e. The summed E-state index contributed by atoms with van der Waals surface area (Å²) in [5, 5.41) is 5.68. The molecule has 3 nitrogen and oxygen atoms in total. The molecular weight excluding hydrogens is 310 g/mol. The van der Waals surface area contributed by atoms with Crippen molar-refractivity contribution in [2.75, 3.05) is 11.9 Å². The summed E-state index contributed by atoms with van der Waals surface area (Å²) in [6.07, 6.45) is 0. The minimum atomic E-state index is -0.385. The monoisotopic (exact) mass is 331 g/mol. The highest BCUT2D eigenvalue weighted by Crippen LogP contribution is 2.29. The number of nitrogens with one attached hydrogen (secondary N) is 1. The largest absolute Gasteiger partial charge is 0.463 e. The molecule has 126 valence electrons. The summed E-state index contributed by atoms with van der Waals surface area (Å²) in [6.45, 7) is 6.11. The number of esters is 1. The summed E-state index contributed by atoms with van der Waals surface area (Å²) >= 11 is 0. The molecule has 0 saturated heterocycles. The van der Waals surface area contributed by atoms with E-state index in [2.05, 4.69) is 36.2 Å². The Kier molecular flexibility index (Phi) is 5.14. The second-order valence-electron chi connectivity index (χ2n) is 5.80. The van der Waals surface area contributed by atoms with Crippen LogP contribution in [0.3, 0.4) is 0 Å². The first kappa shape index (κ1) is 16.8. The maximum atomic E-state index is 12.2. The van der Waals surface area contributed by atoms with Crippen molar-refractivity contribution in [3.8, 4) is 0 Å². The molecule has 0 saturated carbocycles. The summed E-state index contributed by atoms with van der Waals surface area (Å²) in [5.41, 5.74) is 2.28. The molecule has 3 rings (SSSR count). The highest BCUT2D eigenvalue weighted by Gasteiger charge is 2.22. The van der Waals surface area contributed by atoms with E-state index < -0.39 is 0 Å². The third kappa shape index (κ3) is 3.89. The van der Waals surface area contributed by atoms with Gasteiger partial charge in [-0.3, -0.25) is 0 Å². The van der Waals surface area contributed by atoms with E-state index in [1.807, 2.05) is 48.5 Å². The van der Waals surface area contributed by atoms with Crippen LogP contribution in [0.15, 0.2) is 84.9 Å². The molecule has 0 bridgehead atoms. The molecule has 3 aromatic rings. The Morgan fingerprint density at radius 1 is 1.00 bits per heavy atom. The second-order valence-corrected chi connectivity index (χ2v) is 5.80. The molecule has 0 amide bonds. The van der Waals surface area contributed by atoms with E-state index in [9.17, 15) is 4.79 Å². The van der Waals surface area contributed by atoms with Crippen LogP contribution in [-0.4, -0.2) is 12.6 Å². The first-order chi connectivity index (χ1) is 12.2. The average molecular weight is 331 g/mol. The summed E-state index contributed by atoms with van der Waals surface area (Å²) in [7, 11) is 0. The number of rotatable bonds is 6. The third-order valence-electron chi connectivity index (χ3n) is 4.08. The van der Waals surface area contributed by atoms with Gasteiger partial charge in [0.1, 0.15) is 0 Å². The predicted octanol–water partition coefficient (Wildman–Crippen LogP) is 5.11. The summed E-state index contributed by atoms with van der Waals surface area (Å²) < 4.78 is 5.15. The SMILES string of the molecule is C=C(C(=O)OCC)C(Nc1ccccc1)c1ccc2ccccc2c1. The van der Waals surface area contributed by atoms with Crippen molar-refractivity contribution in [3.63, 3.8) is 0 Å². The predicted molar refractivity (Wildman–Crippen MR) is 103 cm³/mol. The first-order valence-corrected chi connectivity index (χ1v) is 8.35. The van der Waals surface area contributed by atoms with E-state index in [0.717, 1.165) is 22.0 Å². The van der Waals surface area contributed by atoms with Gasteiger partial charge in [-0.1, -0.05) is 61.2 Å². The number of benzene rings is 3. The van der Waals surface area contributed by atoms with Crippen LogP contribution in [0.4, 0.5) is 5.69 Å². The van der Waals surface area contributed by atoms with E-state index in [0.29, 0.717) is 12.2 Å². The van der Waals surface area contributed by atoms with Gasteiger partial charge in [0.05, 0.1) is 18.2 Å². The van der Waals surface area contributed by atoms with E-state index in [-0.39, 0.29) is 12.0 Å². The van der Waals surface area contributed by atoms with Gasteiger partial charge in [0.15, 0.2) is 0 Å². The molecule has 3 aromatic carbocycles. The van der Waals surface area contributed by atoms with Crippen LogP contribution in [0.2, 0.25) is 0 Å². The number of carbonyl (C=O) groups is 1. The Labute approximate surface area is 147 Å². The number of anilines is 1. The van der Waals surface area contributed by atoms with Crippen LogP contribution in [0.5, 0.6) is 0 Å². The van der Waals surface area contributed by atoms with Gasteiger partial charge in [0, 0.05) is 5.69 Å². The van der Waals surface area contributed by atoms with E-state index >= 15 is 0 Å². The number of para-hydroxylation sites is 1. The van der Waals surface area contributed by atoms with Gasteiger partial charge in [-0.15, -0.1) is 0 Å². The molecule has 0 spiro atoms. The van der Waals surface area contributed by atoms with Gasteiger partial charge in [-0.2, -0.15) is 0 Å². The minimum absolute atomic E-state index is 0.327. The van der Waals surface area contributed by atoms with Crippen molar-refractivity contribution in [2.24, 2.45) is 0 Å². The topological polar surface area (TPSA) is 38.3 Å². The van der Waals surface area contributed by atoms with Crippen LogP contribution >= 0.6 is 0 Å². The lowest BCUT2D eigenvalue weighted by Gasteiger charge is -2.22. The fourth-order valence-corrected chi connectivity index (χ4v) is 2.80. The number of ether oxygens (including phenoxy) is 1. The Balaban J connectivity index is 1.99. The van der Waals surface area contributed by atoms with Crippen molar-refractivity contribution < 1.29 is 9.53 Å². The van der Waals surface area contributed by atoms with Crippen LogP contribution in [-0.2, 0) is 9.53 Å². The number of carbonyl (C=O) groups excluding carboxylic acids is 1. The number of hydrogen-bond acceptors (Lipinski definition) is 3. The van der Waals surface area contributed by atoms with Crippen molar-refractivity contribution in [2.45, 2.75) is 13.0 Å². The van der Waals surface area contributed by atoms with Crippen LogP contribution < -0.4 is 5.32 Å². The van der Waals surface area contributed by atoms with Crippen molar-refractivity contribution >= 4 is 22.4 Å². The molecule has 0 fully saturated rings. The molecule has 1 unspecified atom stereocenters. The van der Waals surface area contributed by atoms with Gasteiger partial charge >= 0.3 is 5.97 Å². The van der Waals surface area contributed by atoms with Crippen molar-refractivity contribution in [1.82, 2.24) is 0 Å². The van der Waals surface area contributed by atoms with Gasteiger partial charge in [-0.05, 0) is 41.5 Å². The lowest BCUT2D eigenvalue weighted by molar-refractivity contribution is -0.138. The van der Waals surface area contributed by atoms with Crippen molar-refractivity contribution in [3.05, 3.63) is 90.5 Å². The lowest BCUT2D eigenvalue weighted by atomic mass is 9.96. The zero-order chi connectivity index (χ0) is 17.6. The van der Waals surface area contributed by atoms with Gasteiger partial charge in [0.2, 0.25) is 0 Å². The van der Waals surface area contributed by atoms with E-state index in [1.165, 1.54) is 0 Å². The maximum Gasteiger partial charge on any atom is 0.335 e. The smallest absolute Gasteiger partial charge is 0.335 e. The fourth-order valence-electron chi connectivity index (χ4n) is 2.80. The average Bonchev–Trinajstić information content (AvgIpc) is 2.66. The molecule has 0 heterocycles. The quantitative estimate of drug-likeness (QED) is 0.504. The zero-order valence-corrected chi connectivity index (χ0v) is 14.2.